The molecule has 0 saturated carbocycles. The molecule has 0 aromatic heterocycles. The summed E-state index contributed by atoms with van der Waals surface area (Å²) in [5, 5.41) is 9.03. The number of ether oxygens (including phenoxy) is 1. The van der Waals surface area contributed by atoms with Crippen LogP contribution in [0.1, 0.15) is 30.4 Å². The molecular weight excluding hydrogens is 242 g/mol. The molecule has 0 radical (unpaired) electrons. The van der Waals surface area contributed by atoms with Crippen LogP contribution in [0, 0.1) is 0 Å². The molecule has 1 N–H and O–H groups in total. The highest BCUT2D eigenvalue weighted by Gasteiger charge is 2.29. The van der Waals surface area contributed by atoms with Gasteiger partial charge in [-0.05, 0) is 30.5 Å². The lowest BCUT2D eigenvalue weighted by atomic mass is 10.0. The van der Waals surface area contributed by atoms with Gasteiger partial charge in [0.05, 0.1) is 13.7 Å². The summed E-state index contributed by atoms with van der Waals surface area (Å²) in [6.45, 7) is 1.75. The van der Waals surface area contributed by atoms with Crippen LogP contribution in [-0.4, -0.2) is 35.7 Å². The Morgan fingerprint density at radius 1 is 1.32 bits per heavy atom. The molecule has 1 aromatic carbocycles. The summed E-state index contributed by atoms with van der Waals surface area (Å²) in [5.41, 5.74) is 2.07. The Kier molecular flexibility index (Phi) is 4.93. The highest BCUT2D eigenvalue weighted by molar-refractivity contribution is 5.75. The largest absolute Gasteiger partial charge is 0.468 e. The number of hydrogen-bond donors (Lipinski definition) is 1. The van der Waals surface area contributed by atoms with Crippen LogP contribution in [0.4, 0.5) is 0 Å². The van der Waals surface area contributed by atoms with E-state index in [2.05, 4.69) is 4.90 Å². The third-order valence-electron chi connectivity index (χ3n) is 3.68. The molecule has 4 nitrogen and oxygen atoms in total. The lowest BCUT2D eigenvalue weighted by Crippen LogP contribution is -2.44. The van der Waals surface area contributed by atoms with Crippen molar-refractivity contribution in [2.24, 2.45) is 0 Å². The van der Waals surface area contributed by atoms with Crippen LogP contribution in [0.25, 0.3) is 0 Å². The van der Waals surface area contributed by atoms with Crippen molar-refractivity contribution < 1.29 is 14.6 Å². The number of rotatable bonds is 4. The normalized spacial score (nSPS) is 20.2. The summed E-state index contributed by atoms with van der Waals surface area (Å²) >= 11 is 0. The van der Waals surface area contributed by atoms with E-state index in [4.69, 9.17) is 9.84 Å². The van der Waals surface area contributed by atoms with Crippen LogP contribution in [-0.2, 0) is 22.7 Å². The van der Waals surface area contributed by atoms with E-state index >= 15 is 0 Å². The van der Waals surface area contributed by atoms with Crippen LogP contribution >= 0.6 is 0 Å². The summed E-state index contributed by atoms with van der Waals surface area (Å²) in [7, 11) is 1.45. The number of benzene rings is 1. The maximum Gasteiger partial charge on any atom is 0.323 e. The van der Waals surface area contributed by atoms with Crippen molar-refractivity contribution in [3.63, 3.8) is 0 Å². The van der Waals surface area contributed by atoms with Crippen molar-refractivity contribution in [3.8, 4) is 0 Å². The summed E-state index contributed by atoms with van der Waals surface area (Å²) in [6.07, 6.45) is 3.09. The SMILES string of the molecule is COC(=O)C1CCCCN1Cc1ccc(CO)cc1. The smallest absolute Gasteiger partial charge is 0.323 e. The first-order chi connectivity index (χ1) is 9.24. The predicted octanol–water partition coefficient (Wildman–Crippen LogP) is 1.71. The predicted molar refractivity (Wildman–Crippen MR) is 72.4 cm³/mol. The van der Waals surface area contributed by atoms with Crippen LogP contribution in [0.15, 0.2) is 24.3 Å². The van der Waals surface area contributed by atoms with Crippen LogP contribution in [0.5, 0.6) is 0 Å². The van der Waals surface area contributed by atoms with Gasteiger partial charge in [0.1, 0.15) is 6.04 Å². The number of likely N-dealkylation sites (tertiary alicyclic amines) is 1. The van der Waals surface area contributed by atoms with E-state index in [1.807, 2.05) is 24.3 Å². The van der Waals surface area contributed by atoms with Gasteiger partial charge in [-0.25, -0.2) is 0 Å². The molecule has 1 aliphatic heterocycles. The Labute approximate surface area is 114 Å². The molecule has 1 atom stereocenters. The molecule has 1 saturated heterocycles. The summed E-state index contributed by atoms with van der Waals surface area (Å²) < 4.78 is 4.88. The highest BCUT2D eigenvalue weighted by atomic mass is 16.5. The molecule has 1 fully saturated rings. The van der Waals surface area contributed by atoms with Crippen LogP contribution in [0.2, 0.25) is 0 Å². The molecule has 0 spiro atoms. The van der Waals surface area contributed by atoms with Gasteiger partial charge in [-0.3, -0.25) is 9.69 Å². The quantitative estimate of drug-likeness (QED) is 0.840. The van der Waals surface area contributed by atoms with Crippen molar-refractivity contribution in [2.45, 2.75) is 38.5 Å². The van der Waals surface area contributed by atoms with E-state index in [0.29, 0.717) is 0 Å². The average molecular weight is 263 g/mol. The van der Waals surface area contributed by atoms with Crippen molar-refractivity contribution in [1.82, 2.24) is 4.90 Å². The lowest BCUT2D eigenvalue weighted by molar-refractivity contribution is -0.148. The second-order valence-corrected chi connectivity index (χ2v) is 4.98. The zero-order valence-corrected chi connectivity index (χ0v) is 11.3. The number of methoxy groups -OCH3 is 1. The Hall–Kier alpha value is -1.39. The topological polar surface area (TPSA) is 49.8 Å². The van der Waals surface area contributed by atoms with Crippen molar-refractivity contribution in [3.05, 3.63) is 35.4 Å². The standard InChI is InChI=1S/C15H21NO3/c1-19-15(18)14-4-2-3-9-16(14)10-12-5-7-13(11-17)8-6-12/h5-8,14,17H,2-4,9-11H2,1H3. The minimum atomic E-state index is -0.133. The van der Waals surface area contributed by atoms with Gasteiger partial charge in [0.25, 0.3) is 0 Å². The minimum absolute atomic E-state index is 0.0643. The molecule has 19 heavy (non-hydrogen) atoms. The number of aliphatic hydroxyl groups excluding tert-OH is 1. The van der Waals surface area contributed by atoms with Crippen molar-refractivity contribution >= 4 is 5.97 Å². The van der Waals surface area contributed by atoms with Gasteiger partial charge < -0.3 is 9.84 Å². The summed E-state index contributed by atoms with van der Waals surface area (Å²) in [5.74, 6) is -0.133. The molecule has 1 heterocycles. The van der Waals surface area contributed by atoms with Gasteiger partial charge >= 0.3 is 5.97 Å². The Bertz CT molecular complexity index is 416. The van der Waals surface area contributed by atoms with Crippen LogP contribution < -0.4 is 0 Å². The van der Waals surface area contributed by atoms with Gasteiger partial charge in [-0.15, -0.1) is 0 Å². The Morgan fingerprint density at radius 2 is 2.00 bits per heavy atom. The first-order valence-electron chi connectivity index (χ1n) is 6.75. The Balaban J connectivity index is 2.03. The first-order valence-corrected chi connectivity index (χ1v) is 6.75. The third-order valence-corrected chi connectivity index (χ3v) is 3.68. The van der Waals surface area contributed by atoms with E-state index in [9.17, 15) is 4.79 Å². The van der Waals surface area contributed by atoms with E-state index in [0.717, 1.165) is 43.5 Å². The average Bonchev–Trinajstić information content (AvgIpc) is 2.48. The summed E-state index contributed by atoms with van der Waals surface area (Å²) in [4.78, 5) is 14.0. The van der Waals surface area contributed by atoms with E-state index in [1.165, 1.54) is 7.11 Å². The zero-order valence-electron chi connectivity index (χ0n) is 11.3. The number of carbonyl (C=O) groups is 1. The number of aliphatic hydroxyl groups is 1. The first kappa shape index (κ1) is 14.0. The van der Waals surface area contributed by atoms with E-state index in [1.54, 1.807) is 0 Å². The fourth-order valence-electron chi connectivity index (χ4n) is 2.57. The molecular formula is C15H21NO3. The molecule has 0 bridgehead atoms. The van der Waals surface area contributed by atoms with Gasteiger partial charge in [0, 0.05) is 6.54 Å². The van der Waals surface area contributed by atoms with Crippen molar-refractivity contribution in [2.75, 3.05) is 13.7 Å². The number of esters is 1. The number of piperidine rings is 1. The van der Waals surface area contributed by atoms with Gasteiger partial charge in [0.15, 0.2) is 0 Å². The van der Waals surface area contributed by atoms with Gasteiger partial charge in [-0.2, -0.15) is 0 Å². The molecule has 2 rings (SSSR count). The monoisotopic (exact) mass is 263 g/mol. The Morgan fingerprint density at radius 3 is 2.63 bits per heavy atom. The number of nitrogens with zero attached hydrogens (tertiary/aromatic N) is 1. The van der Waals surface area contributed by atoms with E-state index in [-0.39, 0.29) is 18.6 Å². The highest BCUT2D eigenvalue weighted by Crippen LogP contribution is 2.20. The maximum absolute atomic E-state index is 11.8. The molecule has 1 aromatic rings. The van der Waals surface area contributed by atoms with Crippen molar-refractivity contribution in [1.29, 1.82) is 0 Å². The summed E-state index contributed by atoms with van der Waals surface area (Å²) in [6, 6.07) is 7.75. The molecule has 0 amide bonds. The third kappa shape index (κ3) is 3.55. The number of hydrogen-bond acceptors (Lipinski definition) is 4. The molecule has 4 heteroatoms. The van der Waals surface area contributed by atoms with Crippen LogP contribution in [0.3, 0.4) is 0 Å². The van der Waals surface area contributed by atoms with Gasteiger partial charge in [-0.1, -0.05) is 30.7 Å². The zero-order chi connectivity index (χ0) is 13.7. The fourth-order valence-corrected chi connectivity index (χ4v) is 2.57. The molecule has 1 aliphatic rings. The fraction of sp³-hybridized carbons (Fsp3) is 0.533. The molecule has 0 aliphatic carbocycles. The second kappa shape index (κ2) is 6.68. The molecule has 104 valence electrons. The van der Waals surface area contributed by atoms with E-state index < -0.39 is 0 Å². The lowest BCUT2D eigenvalue weighted by Gasteiger charge is -2.33. The second-order valence-electron chi connectivity index (χ2n) is 4.98. The number of carbonyl (C=O) groups excluding carboxylic acids is 1. The molecule has 1 unspecified atom stereocenters. The minimum Gasteiger partial charge on any atom is -0.468 e. The maximum atomic E-state index is 11.8. The van der Waals surface area contributed by atoms with Gasteiger partial charge in [0.2, 0.25) is 0 Å².